The van der Waals surface area contributed by atoms with Gasteiger partial charge in [0.05, 0.1) is 0 Å². The van der Waals surface area contributed by atoms with Crippen LogP contribution in [0.2, 0.25) is 0 Å². The average Bonchev–Trinajstić information content (AvgIpc) is 3.00. The molecule has 0 atom stereocenters. The van der Waals surface area contributed by atoms with Crippen molar-refractivity contribution < 1.29 is 0 Å². The molecule has 1 saturated carbocycles. The van der Waals surface area contributed by atoms with Gasteiger partial charge < -0.3 is 10.2 Å². The van der Waals surface area contributed by atoms with E-state index in [0.29, 0.717) is 0 Å². The van der Waals surface area contributed by atoms with Crippen LogP contribution < -0.4 is 10.2 Å². The molecule has 1 aromatic heterocycles. The van der Waals surface area contributed by atoms with E-state index in [0.717, 1.165) is 12.0 Å². The van der Waals surface area contributed by atoms with Crippen LogP contribution in [0.4, 0.5) is 5.13 Å². The molecule has 1 N–H and O–H groups in total. The number of nitrogens with zero attached hydrogens (tertiary/aromatic N) is 2. The summed E-state index contributed by atoms with van der Waals surface area (Å²) >= 11 is 1.76. The lowest BCUT2D eigenvalue weighted by Crippen LogP contribution is -2.37. The van der Waals surface area contributed by atoms with Crippen LogP contribution in [0.5, 0.6) is 0 Å². The first-order valence-corrected chi connectivity index (χ1v) is 7.17. The van der Waals surface area contributed by atoms with Gasteiger partial charge in [-0.05, 0) is 38.1 Å². The maximum atomic E-state index is 4.38. The number of piperidine rings is 1. The Morgan fingerprint density at radius 2 is 2.12 bits per heavy atom. The summed E-state index contributed by atoms with van der Waals surface area (Å²) in [6, 6.07) is 0.858. The third-order valence-corrected chi connectivity index (χ3v) is 4.41. The second kappa shape index (κ2) is 4.72. The van der Waals surface area contributed by atoms with Gasteiger partial charge in [-0.1, -0.05) is 0 Å². The molecule has 0 amide bonds. The van der Waals surface area contributed by atoms with E-state index in [9.17, 15) is 0 Å². The zero-order valence-corrected chi connectivity index (χ0v) is 10.4. The molecule has 4 heteroatoms. The fourth-order valence-corrected chi connectivity index (χ4v) is 3.02. The van der Waals surface area contributed by atoms with Gasteiger partial charge >= 0.3 is 0 Å². The first-order chi connectivity index (χ1) is 7.92. The largest absolute Gasteiger partial charge is 0.348 e. The minimum atomic E-state index is 0.858. The topological polar surface area (TPSA) is 28.2 Å². The van der Waals surface area contributed by atoms with Crippen molar-refractivity contribution in [3.63, 3.8) is 0 Å². The van der Waals surface area contributed by atoms with Crippen molar-refractivity contribution in [1.29, 1.82) is 0 Å². The van der Waals surface area contributed by atoms with Gasteiger partial charge in [-0.2, -0.15) is 0 Å². The zero-order valence-electron chi connectivity index (χ0n) is 9.56. The zero-order chi connectivity index (χ0) is 10.8. The standard InChI is InChI=1S/C12H19N3S/c1-2-11(1)14-9-10-3-6-15(7-4-10)12-13-5-8-16-12/h5,8,10-11,14H,1-4,6-7,9H2. The Labute approximate surface area is 101 Å². The number of aromatic nitrogens is 1. The maximum absolute atomic E-state index is 4.38. The van der Waals surface area contributed by atoms with Crippen molar-refractivity contribution in [2.24, 2.45) is 5.92 Å². The number of nitrogens with one attached hydrogen (secondary N) is 1. The molecule has 0 unspecified atom stereocenters. The molecule has 16 heavy (non-hydrogen) atoms. The third-order valence-electron chi connectivity index (χ3n) is 3.58. The second-order valence-electron chi connectivity index (χ2n) is 4.93. The van der Waals surface area contributed by atoms with E-state index in [2.05, 4.69) is 20.6 Å². The van der Waals surface area contributed by atoms with Crippen LogP contribution in [-0.2, 0) is 0 Å². The summed E-state index contributed by atoms with van der Waals surface area (Å²) in [6.07, 6.45) is 7.34. The average molecular weight is 237 g/mol. The van der Waals surface area contributed by atoms with Crippen LogP contribution >= 0.6 is 11.3 Å². The Morgan fingerprint density at radius 3 is 2.75 bits per heavy atom. The number of rotatable bonds is 4. The SMILES string of the molecule is c1csc(N2CCC(CNC3CC3)CC2)n1. The molecule has 2 fully saturated rings. The highest BCUT2D eigenvalue weighted by Gasteiger charge is 2.24. The predicted octanol–water partition coefficient (Wildman–Crippen LogP) is 2.11. The Hall–Kier alpha value is -0.610. The van der Waals surface area contributed by atoms with Crippen LogP contribution in [-0.4, -0.2) is 30.7 Å². The first-order valence-electron chi connectivity index (χ1n) is 6.29. The van der Waals surface area contributed by atoms with Crippen LogP contribution in [0.3, 0.4) is 0 Å². The summed E-state index contributed by atoms with van der Waals surface area (Å²) < 4.78 is 0. The molecule has 1 aliphatic carbocycles. The van der Waals surface area contributed by atoms with E-state index in [1.54, 1.807) is 11.3 Å². The molecule has 1 aromatic rings. The fourth-order valence-electron chi connectivity index (χ4n) is 2.32. The monoisotopic (exact) mass is 237 g/mol. The molecular weight excluding hydrogens is 218 g/mol. The molecule has 1 saturated heterocycles. The smallest absolute Gasteiger partial charge is 0.185 e. The van der Waals surface area contributed by atoms with Gasteiger partial charge in [-0.25, -0.2) is 4.98 Å². The molecule has 2 aliphatic rings. The van der Waals surface area contributed by atoms with Gasteiger partial charge in [-0.3, -0.25) is 0 Å². The van der Waals surface area contributed by atoms with Gasteiger partial charge in [-0.15, -0.1) is 11.3 Å². The van der Waals surface area contributed by atoms with Crippen LogP contribution in [0.1, 0.15) is 25.7 Å². The van der Waals surface area contributed by atoms with Crippen LogP contribution in [0.25, 0.3) is 0 Å². The molecule has 2 heterocycles. The molecule has 3 nitrogen and oxygen atoms in total. The minimum absolute atomic E-state index is 0.858. The molecule has 0 radical (unpaired) electrons. The molecule has 1 aliphatic heterocycles. The highest BCUT2D eigenvalue weighted by atomic mass is 32.1. The lowest BCUT2D eigenvalue weighted by Gasteiger charge is -2.31. The van der Waals surface area contributed by atoms with Gasteiger partial charge in [0, 0.05) is 30.7 Å². The van der Waals surface area contributed by atoms with Gasteiger partial charge in [0.2, 0.25) is 0 Å². The lowest BCUT2D eigenvalue weighted by atomic mass is 9.97. The van der Waals surface area contributed by atoms with E-state index in [-0.39, 0.29) is 0 Å². The highest BCUT2D eigenvalue weighted by Crippen LogP contribution is 2.25. The van der Waals surface area contributed by atoms with Gasteiger partial charge in [0.15, 0.2) is 5.13 Å². The predicted molar refractivity (Wildman–Crippen MR) is 68.1 cm³/mol. The van der Waals surface area contributed by atoms with Crippen molar-refractivity contribution in [3.8, 4) is 0 Å². The Balaban J connectivity index is 1.44. The van der Waals surface area contributed by atoms with Gasteiger partial charge in [0.25, 0.3) is 0 Å². The molecule has 0 bridgehead atoms. The van der Waals surface area contributed by atoms with Crippen LogP contribution in [0.15, 0.2) is 11.6 Å². The van der Waals surface area contributed by atoms with Gasteiger partial charge in [0.1, 0.15) is 0 Å². The summed E-state index contributed by atoms with van der Waals surface area (Å²) in [5, 5.41) is 6.91. The van der Waals surface area contributed by atoms with Crippen molar-refractivity contribution in [2.75, 3.05) is 24.5 Å². The van der Waals surface area contributed by atoms with E-state index in [4.69, 9.17) is 0 Å². The van der Waals surface area contributed by atoms with E-state index < -0.39 is 0 Å². The Kier molecular flexibility index (Phi) is 3.11. The normalized spacial score (nSPS) is 22.6. The number of hydrogen-bond donors (Lipinski definition) is 1. The summed E-state index contributed by atoms with van der Waals surface area (Å²) in [5.41, 5.74) is 0. The van der Waals surface area contributed by atoms with Crippen molar-refractivity contribution in [1.82, 2.24) is 10.3 Å². The fraction of sp³-hybridized carbons (Fsp3) is 0.750. The van der Waals surface area contributed by atoms with E-state index in [1.165, 1.54) is 50.4 Å². The number of anilines is 1. The first kappa shape index (κ1) is 10.5. The number of hydrogen-bond acceptors (Lipinski definition) is 4. The molecule has 0 aromatic carbocycles. The molecule has 88 valence electrons. The lowest BCUT2D eigenvalue weighted by molar-refractivity contribution is 0.382. The van der Waals surface area contributed by atoms with Crippen LogP contribution in [0, 0.1) is 5.92 Å². The van der Waals surface area contributed by atoms with Crippen molar-refractivity contribution in [2.45, 2.75) is 31.7 Å². The quantitative estimate of drug-likeness (QED) is 0.869. The molecular formula is C12H19N3S. The van der Waals surface area contributed by atoms with Crippen molar-refractivity contribution in [3.05, 3.63) is 11.6 Å². The third kappa shape index (κ3) is 2.55. The molecule has 3 rings (SSSR count). The highest BCUT2D eigenvalue weighted by molar-refractivity contribution is 7.13. The summed E-state index contributed by atoms with van der Waals surface area (Å²) in [5.74, 6) is 0.886. The maximum Gasteiger partial charge on any atom is 0.185 e. The minimum Gasteiger partial charge on any atom is -0.348 e. The Bertz CT molecular complexity index is 313. The molecule has 0 spiro atoms. The van der Waals surface area contributed by atoms with E-state index >= 15 is 0 Å². The Morgan fingerprint density at radius 1 is 1.31 bits per heavy atom. The van der Waals surface area contributed by atoms with E-state index in [1.807, 2.05) is 6.20 Å². The summed E-state index contributed by atoms with van der Waals surface area (Å²) in [6.45, 7) is 3.60. The second-order valence-corrected chi connectivity index (χ2v) is 5.80. The van der Waals surface area contributed by atoms with Crippen molar-refractivity contribution >= 4 is 16.5 Å². The summed E-state index contributed by atoms with van der Waals surface area (Å²) in [4.78, 5) is 6.81. The number of thiazole rings is 1. The summed E-state index contributed by atoms with van der Waals surface area (Å²) in [7, 11) is 0.